The van der Waals surface area contributed by atoms with Gasteiger partial charge < -0.3 is 5.73 Å². The van der Waals surface area contributed by atoms with Crippen molar-refractivity contribution in [3.8, 4) is 11.1 Å². The van der Waals surface area contributed by atoms with Crippen LogP contribution >= 0.6 is 0 Å². The molecule has 2 rings (SSSR count). The van der Waals surface area contributed by atoms with Gasteiger partial charge in [-0.2, -0.15) is 18.3 Å². The van der Waals surface area contributed by atoms with Gasteiger partial charge in [0, 0.05) is 29.6 Å². The Kier molecular flexibility index (Phi) is 3.26. The number of nitrogen functional groups attached to an aromatic ring is 1. The van der Waals surface area contributed by atoms with Gasteiger partial charge in [0.15, 0.2) is 0 Å². The van der Waals surface area contributed by atoms with Gasteiger partial charge >= 0.3 is 6.18 Å². The number of nitrogens with two attached hydrogens (primary N) is 1. The molecular formula is C13H14F3N3. The number of alkyl halides is 3. The van der Waals surface area contributed by atoms with Crippen molar-refractivity contribution in [3.63, 3.8) is 0 Å². The molecular weight excluding hydrogens is 255 g/mol. The van der Waals surface area contributed by atoms with Crippen LogP contribution in [0.2, 0.25) is 0 Å². The average molecular weight is 269 g/mol. The zero-order chi connectivity index (χ0) is 14.2. The Morgan fingerprint density at radius 1 is 1.26 bits per heavy atom. The molecule has 0 atom stereocenters. The van der Waals surface area contributed by atoms with Crippen LogP contribution in [0.5, 0.6) is 0 Å². The second-order valence-corrected chi connectivity index (χ2v) is 4.28. The van der Waals surface area contributed by atoms with Crippen LogP contribution in [0.1, 0.15) is 18.2 Å². The van der Waals surface area contributed by atoms with Crippen LogP contribution in [0, 0.1) is 6.92 Å². The standard InChI is InChI=1S/C13H14F3N3/c1-3-19-7-11(8(2)18-19)10-5-4-9(6-12(10)17)13(14,15)16/h4-7H,3,17H2,1-2H3. The van der Waals surface area contributed by atoms with E-state index in [2.05, 4.69) is 5.10 Å². The molecule has 0 amide bonds. The molecule has 1 heterocycles. The van der Waals surface area contributed by atoms with Crippen LogP contribution in [-0.2, 0) is 12.7 Å². The van der Waals surface area contributed by atoms with Crippen LogP contribution < -0.4 is 5.73 Å². The number of rotatable bonds is 2. The van der Waals surface area contributed by atoms with Crippen LogP contribution in [-0.4, -0.2) is 9.78 Å². The van der Waals surface area contributed by atoms with E-state index in [1.54, 1.807) is 17.8 Å². The smallest absolute Gasteiger partial charge is 0.398 e. The first-order valence-corrected chi connectivity index (χ1v) is 5.84. The molecule has 0 radical (unpaired) electrons. The Morgan fingerprint density at radius 2 is 1.95 bits per heavy atom. The summed E-state index contributed by atoms with van der Waals surface area (Å²) in [5, 5.41) is 4.26. The highest BCUT2D eigenvalue weighted by molar-refractivity contribution is 5.77. The molecule has 6 heteroatoms. The lowest BCUT2D eigenvalue weighted by Crippen LogP contribution is -2.06. The number of anilines is 1. The minimum atomic E-state index is -4.38. The molecule has 3 nitrogen and oxygen atoms in total. The first kappa shape index (κ1) is 13.5. The maximum atomic E-state index is 12.6. The van der Waals surface area contributed by atoms with Gasteiger partial charge in [0.1, 0.15) is 0 Å². The predicted octanol–water partition coefficient (Wildman–Crippen LogP) is 3.48. The summed E-state index contributed by atoms with van der Waals surface area (Å²) < 4.78 is 39.4. The summed E-state index contributed by atoms with van der Waals surface area (Å²) in [6, 6.07) is 3.38. The summed E-state index contributed by atoms with van der Waals surface area (Å²) in [4.78, 5) is 0. The summed E-state index contributed by atoms with van der Waals surface area (Å²) in [6.07, 6.45) is -2.59. The van der Waals surface area contributed by atoms with Gasteiger partial charge in [-0.3, -0.25) is 4.68 Å². The highest BCUT2D eigenvalue weighted by Crippen LogP contribution is 2.35. The Labute approximate surface area is 108 Å². The van der Waals surface area contributed by atoms with Crippen LogP contribution in [0.15, 0.2) is 24.4 Å². The molecule has 0 bridgehead atoms. The minimum absolute atomic E-state index is 0.105. The number of benzene rings is 1. The van der Waals surface area contributed by atoms with Gasteiger partial charge in [0.05, 0.1) is 11.3 Å². The zero-order valence-corrected chi connectivity index (χ0v) is 10.6. The van der Waals surface area contributed by atoms with E-state index >= 15 is 0 Å². The van der Waals surface area contributed by atoms with E-state index in [0.29, 0.717) is 12.1 Å². The van der Waals surface area contributed by atoms with Crippen molar-refractivity contribution >= 4 is 5.69 Å². The second kappa shape index (κ2) is 4.60. The second-order valence-electron chi connectivity index (χ2n) is 4.28. The number of hydrogen-bond acceptors (Lipinski definition) is 2. The quantitative estimate of drug-likeness (QED) is 0.848. The average Bonchev–Trinajstić information content (AvgIpc) is 2.69. The molecule has 102 valence electrons. The molecule has 0 spiro atoms. The van der Waals surface area contributed by atoms with Crippen LogP contribution in [0.25, 0.3) is 11.1 Å². The van der Waals surface area contributed by atoms with E-state index in [1.165, 1.54) is 6.07 Å². The minimum Gasteiger partial charge on any atom is -0.398 e. The molecule has 0 saturated heterocycles. The first-order chi connectivity index (χ1) is 8.82. The number of hydrogen-bond donors (Lipinski definition) is 1. The van der Waals surface area contributed by atoms with Gasteiger partial charge in [-0.1, -0.05) is 6.07 Å². The van der Waals surface area contributed by atoms with Crippen molar-refractivity contribution in [1.82, 2.24) is 9.78 Å². The van der Waals surface area contributed by atoms with Gasteiger partial charge in [-0.25, -0.2) is 0 Å². The number of aryl methyl sites for hydroxylation is 2. The Morgan fingerprint density at radius 3 is 2.42 bits per heavy atom. The highest BCUT2D eigenvalue weighted by atomic mass is 19.4. The number of nitrogens with zero attached hydrogens (tertiary/aromatic N) is 2. The topological polar surface area (TPSA) is 43.8 Å². The van der Waals surface area contributed by atoms with Crippen LogP contribution in [0.4, 0.5) is 18.9 Å². The fourth-order valence-corrected chi connectivity index (χ4v) is 1.93. The zero-order valence-electron chi connectivity index (χ0n) is 10.6. The van der Waals surface area contributed by atoms with Gasteiger partial charge in [0.25, 0.3) is 0 Å². The van der Waals surface area contributed by atoms with E-state index in [9.17, 15) is 13.2 Å². The number of halogens is 3. The fraction of sp³-hybridized carbons (Fsp3) is 0.308. The molecule has 0 fully saturated rings. The van der Waals surface area contributed by atoms with Gasteiger partial charge in [-0.15, -0.1) is 0 Å². The molecule has 1 aromatic carbocycles. The lowest BCUT2D eigenvalue weighted by molar-refractivity contribution is -0.137. The Balaban J connectivity index is 2.49. The summed E-state index contributed by atoms with van der Waals surface area (Å²) >= 11 is 0. The molecule has 0 unspecified atom stereocenters. The molecule has 2 aromatic rings. The Bertz CT molecular complexity index is 600. The summed E-state index contributed by atoms with van der Waals surface area (Å²) in [7, 11) is 0. The largest absolute Gasteiger partial charge is 0.416 e. The van der Waals surface area contributed by atoms with Crippen molar-refractivity contribution in [2.45, 2.75) is 26.6 Å². The normalized spacial score (nSPS) is 11.8. The third kappa shape index (κ3) is 2.57. The van der Waals surface area contributed by atoms with Crippen molar-refractivity contribution in [2.75, 3.05) is 5.73 Å². The SMILES string of the molecule is CCn1cc(-c2ccc(C(F)(F)F)cc2N)c(C)n1. The third-order valence-electron chi connectivity index (χ3n) is 2.94. The first-order valence-electron chi connectivity index (χ1n) is 5.84. The van der Waals surface area contributed by atoms with Crippen molar-refractivity contribution < 1.29 is 13.2 Å². The van der Waals surface area contributed by atoms with Crippen molar-refractivity contribution in [2.24, 2.45) is 0 Å². The molecule has 0 aliphatic heterocycles. The van der Waals surface area contributed by atoms with E-state index < -0.39 is 11.7 Å². The molecule has 19 heavy (non-hydrogen) atoms. The van der Waals surface area contributed by atoms with E-state index in [0.717, 1.165) is 23.4 Å². The van der Waals surface area contributed by atoms with E-state index in [4.69, 9.17) is 5.73 Å². The lowest BCUT2D eigenvalue weighted by Gasteiger charge is -2.10. The molecule has 0 saturated carbocycles. The fourth-order valence-electron chi connectivity index (χ4n) is 1.93. The lowest BCUT2D eigenvalue weighted by atomic mass is 10.0. The summed E-state index contributed by atoms with van der Waals surface area (Å²) in [6.45, 7) is 4.44. The molecule has 0 aliphatic rings. The van der Waals surface area contributed by atoms with Crippen molar-refractivity contribution in [3.05, 3.63) is 35.7 Å². The molecule has 2 N–H and O–H groups in total. The maximum Gasteiger partial charge on any atom is 0.416 e. The summed E-state index contributed by atoms with van der Waals surface area (Å²) in [5.74, 6) is 0. The molecule has 1 aromatic heterocycles. The Hall–Kier alpha value is -1.98. The monoisotopic (exact) mass is 269 g/mol. The van der Waals surface area contributed by atoms with Gasteiger partial charge in [0.2, 0.25) is 0 Å². The van der Waals surface area contributed by atoms with E-state index in [-0.39, 0.29) is 5.69 Å². The number of aromatic nitrogens is 2. The molecule has 0 aliphatic carbocycles. The van der Waals surface area contributed by atoms with Crippen molar-refractivity contribution in [1.29, 1.82) is 0 Å². The van der Waals surface area contributed by atoms with Gasteiger partial charge in [-0.05, 0) is 26.0 Å². The highest BCUT2D eigenvalue weighted by Gasteiger charge is 2.31. The van der Waals surface area contributed by atoms with Crippen LogP contribution in [0.3, 0.4) is 0 Å². The summed E-state index contributed by atoms with van der Waals surface area (Å²) in [5.41, 5.74) is 7.17. The van der Waals surface area contributed by atoms with E-state index in [1.807, 2.05) is 6.92 Å². The maximum absolute atomic E-state index is 12.6. The third-order valence-corrected chi connectivity index (χ3v) is 2.94. The predicted molar refractivity (Wildman–Crippen MR) is 67.5 cm³/mol.